The molecule has 0 aliphatic rings. The van der Waals surface area contributed by atoms with Crippen LogP contribution < -0.4 is 15.6 Å². The summed E-state index contributed by atoms with van der Waals surface area (Å²) in [5.74, 6) is 0.170. The van der Waals surface area contributed by atoms with Crippen LogP contribution in [0, 0.1) is 0 Å². The Hall–Kier alpha value is -2.08. The van der Waals surface area contributed by atoms with Crippen molar-refractivity contribution < 1.29 is 9.53 Å². The minimum absolute atomic E-state index is 0.283. The van der Waals surface area contributed by atoms with Crippen molar-refractivity contribution in [2.75, 3.05) is 12.4 Å². The van der Waals surface area contributed by atoms with Crippen molar-refractivity contribution in [3.63, 3.8) is 0 Å². The summed E-state index contributed by atoms with van der Waals surface area (Å²) < 4.78 is 5.97. The second kappa shape index (κ2) is 5.71. The summed E-state index contributed by atoms with van der Waals surface area (Å²) in [6, 6.07) is 8.03. The summed E-state index contributed by atoms with van der Waals surface area (Å²) in [6.07, 6.45) is 1.43. The maximum atomic E-state index is 12.0. The van der Waals surface area contributed by atoms with Crippen LogP contribution in [0.15, 0.2) is 45.8 Å². The topological polar surface area (TPSA) is 71.2 Å². The van der Waals surface area contributed by atoms with Crippen LogP contribution in [0.25, 0.3) is 0 Å². The van der Waals surface area contributed by atoms with Crippen molar-refractivity contribution in [3.05, 3.63) is 56.9 Å². The zero-order chi connectivity index (χ0) is 13.8. The highest BCUT2D eigenvalue weighted by molar-refractivity contribution is 9.10. The highest BCUT2D eigenvalue weighted by Gasteiger charge is 2.10. The summed E-state index contributed by atoms with van der Waals surface area (Å²) in [5, 5.41) is 2.70. The third-order valence-electron chi connectivity index (χ3n) is 2.45. The summed E-state index contributed by atoms with van der Waals surface area (Å²) >= 11 is 3.32. The molecule has 1 aromatic heterocycles. The van der Waals surface area contributed by atoms with Gasteiger partial charge < -0.3 is 15.0 Å². The lowest BCUT2D eigenvalue weighted by Gasteiger charge is -2.10. The summed E-state index contributed by atoms with van der Waals surface area (Å²) in [7, 11) is 1.52. The second-order valence-electron chi connectivity index (χ2n) is 3.74. The largest absolute Gasteiger partial charge is 0.495 e. The van der Waals surface area contributed by atoms with E-state index in [1.807, 2.05) is 6.07 Å². The first-order chi connectivity index (χ1) is 9.10. The molecule has 0 radical (unpaired) electrons. The van der Waals surface area contributed by atoms with Crippen molar-refractivity contribution in [1.29, 1.82) is 0 Å². The van der Waals surface area contributed by atoms with Gasteiger partial charge in [-0.05, 0) is 24.3 Å². The molecule has 6 heteroatoms. The zero-order valence-electron chi connectivity index (χ0n) is 10.1. The monoisotopic (exact) mass is 322 g/mol. The molecule has 0 atom stereocenters. The van der Waals surface area contributed by atoms with Crippen molar-refractivity contribution in [1.82, 2.24) is 4.98 Å². The normalized spacial score (nSPS) is 10.0. The van der Waals surface area contributed by atoms with Gasteiger partial charge in [-0.2, -0.15) is 0 Å². The van der Waals surface area contributed by atoms with Gasteiger partial charge in [0.15, 0.2) is 0 Å². The average molecular weight is 323 g/mol. The maximum Gasteiger partial charge on any atom is 0.256 e. The Labute approximate surface area is 117 Å². The van der Waals surface area contributed by atoms with Crippen LogP contribution in [-0.4, -0.2) is 18.0 Å². The van der Waals surface area contributed by atoms with Gasteiger partial charge in [0.25, 0.3) is 5.91 Å². The van der Waals surface area contributed by atoms with Gasteiger partial charge in [0, 0.05) is 22.3 Å². The molecule has 0 fully saturated rings. The SMILES string of the molecule is COc1ccc(Br)cc1NC(=O)c1cc[nH]c(=O)c1. The molecule has 5 nitrogen and oxygen atoms in total. The fourth-order valence-electron chi connectivity index (χ4n) is 1.56. The fourth-order valence-corrected chi connectivity index (χ4v) is 1.92. The van der Waals surface area contributed by atoms with E-state index in [1.54, 1.807) is 12.1 Å². The van der Waals surface area contributed by atoms with Crippen LogP contribution in [0.2, 0.25) is 0 Å². The van der Waals surface area contributed by atoms with Crippen molar-refractivity contribution in [2.45, 2.75) is 0 Å². The summed E-state index contributed by atoms with van der Waals surface area (Å²) in [5.41, 5.74) is 0.488. The molecule has 19 heavy (non-hydrogen) atoms. The minimum atomic E-state index is -0.373. The highest BCUT2D eigenvalue weighted by atomic mass is 79.9. The van der Waals surface area contributed by atoms with E-state index in [9.17, 15) is 9.59 Å². The van der Waals surface area contributed by atoms with Crippen molar-refractivity contribution in [3.8, 4) is 5.75 Å². The molecule has 0 bridgehead atoms. The molecular weight excluding hydrogens is 312 g/mol. The fraction of sp³-hybridized carbons (Fsp3) is 0.0769. The molecule has 1 heterocycles. The van der Waals surface area contributed by atoms with E-state index in [4.69, 9.17) is 4.74 Å². The van der Waals surface area contributed by atoms with Gasteiger partial charge in [-0.1, -0.05) is 15.9 Å². The molecule has 0 saturated heterocycles. The third kappa shape index (κ3) is 3.23. The van der Waals surface area contributed by atoms with Gasteiger partial charge in [0.2, 0.25) is 5.56 Å². The van der Waals surface area contributed by atoms with Gasteiger partial charge >= 0.3 is 0 Å². The predicted molar refractivity (Wildman–Crippen MR) is 75.7 cm³/mol. The smallest absolute Gasteiger partial charge is 0.256 e. The summed E-state index contributed by atoms with van der Waals surface area (Å²) in [6.45, 7) is 0. The lowest BCUT2D eigenvalue weighted by molar-refractivity contribution is 0.102. The standard InChI is InChI=1S/C13H11BrN2O3/c1-19-11-3-2-9(14)7-10(11)16-13(18)8-4-5-15-12(17)6-8/h2-7H,1H3,(H,15,17)(H,16,18). The van der Waals surface area contributed by atoms with Crippen LogP contribution in [0.4, 0.5) is 5.69 Å². The second-order valence-corrected chi connectivity index (χ2v) is 4.66. The van der Waals surface area contributed by atoms with Gasteiger partial charge in [-0.3, -0.25) is 9.59 Å². The molecule has 2 N–H and O–H groups in total. The number of benzene rings is 1. The van der Waals surface area contributed by atoms with E-state index in [0.717, 1.165) is 4.47 Å². The number of carbonyl (C=O) groups excluding carboxylic acids is 1. The Kier molecular flexibility index (Phi) is 4.01. The number of carbonyl (C=O) groups is 1. The molecule has 0 saturated carbocycles. The molecule has 1 amide bonds. The number of methoxy groups -OCH3 is 1. The number of nitrogens with one attached hydrogen (secondary N) is 2. The molecule has 0 spiro atoms. The van der Waals surface area contributed by atoms with E-state index < -0.39 is 0 Å². The van der Waals surface area contributed by atoms with E-state index in [0.29, 0.717) is 11.4 Å². The number of pyridine rings is 1. The van der Waals surface area contributed by atoms with Crippen LogP contribution in [0.5, 0.6) is 5.75 Å². The maximum absolute atomic E-state index is 12.0. The molecule has 0 aliphatic carbocycles. The van der Waals surface area contributed by atoms with Gasteiger partial charge in [-0.15, -0.1) is 0 Å². The van der Waals surface area contributed by atoms with E-state index >= 15 is 0 Å². The first kappa shape index (κ1) is 13.4. The number of ether oxygens (including phenoxy) is 1. The third-order valence-corrected chi connectivity index (χ3v) is 2.94. The number of rotatable bonds is 3. The lowest BCUT2D eigenvalue weighted by Crippen LogP contribution is -2.16. The first-order valence-electron chi connectivity index (χ1n) is 5.44. The Morgan fingerprint density at radius 1 is 1.32 bits per heavy atom. The van der Waals surface area contributed by atoms with Crippen LogP contribution >= 0.6 is 15.9 Å². The number of aromatic nitrogens is 1. The number of aromatic amines is 1. The number of anilines is 1. The molecular formula is C13H11BrN2O3. The molecule has 2 aromatic rings. The average Bonchev–Trinajstić information content (AvgIpc) is 2.39. The number of hydrogen-bond acceptors (Lipinski definition) is 3. The highest BCUT2D eigenvalue weighted by Crippen LogP contribution is 2.28. The Morgan fingerprint density at radius 2 is 2.11 bits per heavy atom. The van der Waals surface area contributed by atoms with Gasteiger partial charge in [0.1, 0.15) is 5.75 Å². The zero-order valence-corrected chi connectivity index (χ0v) is 11.7. The van der Waals surface area contributed by atoms with Gasteiger partial charge in [0.05, 0.1) is 12.8 Å². The van der Waals surface area contributed by atoms with Gasteiger partial charge in [-0.25, -0.2) is 0 Å². The summed E-state index contributed by atoms with van der Waals surface area (Å²) in [4.78, 5) is 25.6. The first-order valence-corrected chi connectivity index (χ1v) is 6.23. The molecule has 0 unspecified atom stereocenters. The minimum Gasteiger partial charge on any atom is -0.495 e. The van der Waals surface area contributed by atoms with Crippen molar-refractivity contribution >= 4 is 27.5 Å². The Bertz CT molecular complexity index is 667. The Balaban J connectivity index is 2.28. The predicted octanol–water partition coefficient (Wildman–Crippen LogP) is 2.40. The van der Waals surface area contributed by atoms with Crippen LogP contribution in [0.3, 0.4) is 0 Å². The Morgan fingerprint density at radius 3 is 2.79 bits per heavy atom. The number of H-pyrrole nitrogens is 1. The quantitative estimate of drug-likeness (QED) is 0.911. The molecule has 2 rings (SSSR count). The van der Waals surface area contributed by atoms with E-state index in [2.05, 4.69) is 26.2 Å². The van der Waals surface area contributed by atoms with Crippen LogP contribution in [-0.2, 0) is 0 Å². The lowest BCUT2D eigenvalue weighted by atomic mass is 10.2. The number of amides is 1. The molecule has 0 aliphatic heterocycles. The molecule has 1 aromatic carbocycles. The number of hydrogen-bond donors (Lipinski definition) is 2. The van der Waals surface area contributed by atoms with Crippen molar-refractivity contribution in [2.24, 2.45) is 0 Å². The van der Waals surface area contributed by atoms with E-state index in [-0.39, 0.29) is 17.0 Å². The number of halogens is 1. The van der Waals surface area contributed by atoms with Crippen LogP contribution in [0.1, 0.15) is 10.4 Å². The molecule has 98 valence electrons. The van der Waals surface area contributed by atoms with E-state index in [1.165, 1.54) is 25.4 Å².